The number of carbonyl (C=O) groups excluding carboxylic acids is 3. The molecule has 0 bridgehead atoms. The lowest BCUT2D eigenvalue weighted by atomic mass is 10.0. The second-order valence-corrected chi connectivity index (χ2v) is 21.3. The molecule has 6 heteroatoms. The molecular weight excluding hydrogens is 901 g/mol. The Hall–Kier alpha value is -2.89. The van der Waals surface area contributed by atoms with Crippen LogP contribution in [0.4, 0.5) is 0 Å². The summed E-state index contributed by atoms with van der Waals surface area (Å²) in [5.41, 5.74) is 0. The van der Waals surface area contributed by atoms with E-state index < -0.39 is 6.10 Å². The number of hydrogen-bond donors (Lipinski definition) is 0. The van der Waals surface area contributed by atoms with Gasteiger partial charge in [-0.05, 0) is 64.2 Å². The third-order valence-corrected chi connectivity index (χ3v) is 14.0. The Balaban J connectivity index is 3.92. The number of ether oxygens (including phenoxy) is 3. The molecule has 0 heterocycles. The SMILES string of the molecule is CC/C=C\C/C=C\C/C=C\C/C=C\C/C=C\CCCCCCCCCCCCCCCCCCCCCC(=O)OCC(COC(=O)CCCCCCCCC)OC(=O)CCCCCCCCCCCCCCC. The summed E-state index contributed by atoms with van der Waals surface area (Å²) in [5, 5.41) is 0. The molecule has 0 aromatic rings. The first kappa shape index (κ1) is 70.1. The molecule has 0 aliphatic carbocycles. The van der Waals surface area contributed by atoms with E-state index in [1.54, 1.807) is 0 Å². The average Bonchev–Trinajstić information content (AvgIpc) is 3.39. The first-order chi connectivity index (χ1) is 36.0. The summed E-state index contributed by atoms with van der Waals surface area (Å²) < 4.78 is 16.8. The zero-order chi connectivity index (χ0) is 52.9. The van der Waals surface area contributed by atoms with Gasteiger partial charge in [-0.1, -0.05) is 306 Å². The van der Waals surface area contributed by atoms with Crippen molar-refractivity contribution in [1.29, 1.82) is 0 Å². The molecule has 1 atom stereocenters. The van der Waals surface area contributed by atoms with Gasteiger partial charge in [-0.2, -0.15) is 0 Å². The van der Waals surface area contributed by atoms with Gasteiger partial charge in [-0.25, -0.2) is 0 Å². The minimum Gasteiger partial charge on any atom is -0.462 e. The quantitative estimate of drug-likeness (QED) is 0.0261. The minimum absolute atomic E-state index is 0.0673. The van der Waals surface area contributed by atoms with Crippen molar-refractivity contribution in [1.82, 2.24) is 0 Å². The van der Waals surface area contributed by atoms with Gasteiger partial charge < -0.3 is 14.2 Å². The average molecular weight is 1020 g/mol. The number of hydrogen-bond acceptors (Lipinski definition) is 6. The molecule has 0 rings (SSSR count). The van der Waals surface area contributed by atoms with Crippen LogP contribution >= 0.6 is 0 Å². The Morgan fingerprint density at radius 2 is 0.534 bits per heavy atom. The standard InChI is InChI=1S/C67H120O6/c1-4-7-10-13-16-18-20-22-23-24-25-26-27-28-29-30-31-32-33-34-35-36-37-38-39-40-41-42-43-45-46-48-51-54-57-60-66(69)72-63-64(62-71-65(68)59-56-53-50-15-12-9-6-3)73-67(70)61-58-55-52-49-47-44-21-19-17-14-11-8-5-2/h7,10,16,18,22-23,25-26,28-29,64H,4-6,8-9,11-15,17,19-21,24,27,30-63H2,1-3H3/b10-7-,18-16-,23-22-,26-25-,29-28-. The fraction of sp³-hybridized carbons (Fsp3) is 0.806. The molecule has 0 aliphatic heterocycles. The third-order valence-electron chi connectivity index (χ3n) is 14.0. The molecule has 424 valence electrons. The maximum absolute atomic E-state index is 12.8. The first-order valence-electron chi connectivity index (χ1n) is 31.8. The van der Waals surface area contributed by atoms with Gasteiger partial charge in [0.1, 0.15) is 13.2 Å². The maximum Gasteiger partial charge on any atom is 0.306 e. The Labute approximate surface area is 453 Å². The molecule has 0 aromatic heterocycles. The number of unbranched alkanes of at least 4 members (excludes halogenated alkanes) is 37. The summed E-state index contributed by atoms with van der Waals surface area (Å²) in [7, 11) is 0. The van der Waals surface area contributed by atoms with E-state index in [9.17, 15) is 14.4 Å². The van der Waals surface area contributed by atoms with E-state index in [4.69, 9.17) is 14.2 Å². The van der Waals surface area contributed by atoms with Crippen LogP contribution in [0.15, 0.2) is 60.8 Å². The maximum atomic E-state index is 12.8. The van der Waals surface area contributed by atoms with Crippen molar-refractivity contribution in [2.75, 3.05) is 13.2 Å². The molecule has 0 spiro atoms. The normalized spacial score (nSPS) is 12.4. The van der Waals surface area contributed by atoms with E-state index in [0.29, 0.717) is 19.3 Å². The van der Waals surface area contributed by atoms with Crippen LogP contribution < -0.4 is 0 Å². The lowest BCUT2D eigenvalue weighted by molar-refractivity contribution is -0.167. The summed E-state index contributed by atoms with van der Waals surface area (Å²) in [4.78, 5) is 37.9. The van der Waals surface area contributed by atoms with Gasteiger partial charge in [0.05, 0.1) is 0 Å². The molecule has 6 nitrogen and oxygen atoms in total. The fourth-order valence-electron chi connectivity index (χ4n) is 9.30. The molecule has 0 saturated heterocycles. The summed E-state index contributed by atoms with van der Waals surface area (Å²) in [5.74, 6) is -0.856. The zero-order valence-corrected chi connectivity index (χ0v) is 48.7. The lowest BCUT2D eigenvalue weighted by Crippen LogP contribution is -2.30. The van der Waals surface area contributed by atoms with Gasteiger partial charge in [0.25, 0.3) is 0 Å². The van der Waals surface area contributed by atoms with E-state index in [2.05, 4.69) is 81.5 Å². The van der Waals surface area contributed by atoms with Crippen molar-refractivity contribution < 1.29 is 28.6 Å². The number of esters is 3. The Morgan fingerprint density at radius 1 is 0.288 bits per heavy atom. The number of allylic oxidation sites excluding steroid dienone is 10. The molecular formula is C67H120O6. The van der Waals surface area contributed by atoms with Gasteiger partial charge in [0.2, 0.25) is 0 Å². The van der Waals surface area contributed by atoms with Crippen molar-refractivity contribution in [3.05, 3.63) is 60.8 Å². The molecule has 0 N–H and O–H groups in total. The molecule has 0 saturated carbocycles. The second-order valence-electron chi connectivity index (χ2n) is 21.3. The van der Waals surface area contributed by atoms with E-state index >= 15 is 0 Å². The minimum atomic E-state index is -0.765. The molecule has 0 aromatic carbocycles. The molecule has 0 radical (unpaired) electrons. The first-order valence-corrected chi connectivity index (χ1v) is 31.8. The van der Waals surface area contributed by atoms with Crippen molar-refractivity contribution in [2.24, 2.45) is 0 Å². The Bertz CT molecular complexity index is 1310. The predicted octanol–water partition coefficient (Wildman–Crippen LogP) is 21.6. The van der Waals surface area contributed by atoms with Crippen LogP contribution in [0.3, 0.4) is 0 Å². The van der Waals surface area contributed by atoms with Crippen LogP contribution in [0.2, 0.25) is 0 Å². The molecule has 73 heavy (non-hydrogen) atoms. The molecule has 0 aliphatic rings. The van der Waals surface area contributed by atoms with Crippen LogP contribution in [0.1, 0.15) is 329 Å². The highest BCUT2D eigenvalue weighted by Crippen LogP contribution is 2.17. The van der Waals surface area contributed by atoms with Crippen LogP contribution in [0.5, 0.6) is 0 Å². The topological polar surface area (TPSA) is 78.9 Å². The van der Waals surface area contributed by atoms with Gasteiger partial charge >= 0.3 is 17.9 Å². The Kier molecular flexibility index (Phi) is 59.2. The predicted molar refractivity (Wildman–Crippen MR) is 316 cm³/mol. The highest BCUT2D eigenvalue weighted by atomic mass is 16.6. The van der Waals surface area contributed by atoms with Crippen LogP contribution in [-0.2, 0) is 28.6 Å². The van der Waals surface area contributed by atoms with Gasteiger partial charge in [0.15, 0.2) is 6.10 Å². The van der Waals surface area contributed by atoms with Crippen LogP contribution in [0, 0.1) is 0 Å². The number of rotatable bonds is 58. The molecule has 0 fully saturated rings. The number of carbonyl (C=O) groups is 3. The fourth-order valence-corrected chi connectivity index (χ4v) is 9.30. The Morgan fingerprint density at radius 3 is 0.836 bits per heavy atom. The monoisotopic (exact) mass is 1020 g/mol. The summed E-state index contributed by atoms with van der Waals surface area (Å²) in [6.07, 6.45) is 78.4. The smallest absolute Gasteiger partial charge is 0.306 e. The highest BCUT2D eigenvalue weighted by molar-refractivity contribution is 5.71. The largest absolute Gasteiger partial charge is 0.462 e. The molecule has 1 unspecified atom stereocenters. The lowest BCUT2D eigenvalue weighted by Gasteiger charge is -2.18. The summed E-state index contributed by atoms with van der Waals surface area (Å²) in [6.45, 7) is 6.52. The molecule has 0 amide bonds. The van der Waals surface area contributed by atoms with Gasteiger partial charge in [0, 0.05) is 19.3 Å². The van der Waals surface area contributed by atoms with Gasteiger partial charge in [-0.15, -0.1) is 0 Å². The van der Waals surface area contributed by atoms with E-state index in [1.165, 1.54) is 199 Å². The second kappa shape index (κ2) is 61.7. The van der Waals surface area contributed by atoms with Crippen molar-refractivity contribution in [3.63, 3.8) is 0 Å². The summed E-state index contributed by atoms with van der Waals surface area (Å²) in [6, 6.07) is 0. The van der Waals surface area contributed by atoms with Crippen molar-refractivity contribution in [3.8, 4) is 0 Å². The van der Waals surface area contributed by atoms with Crippen molar-refractivity contribution in [2.45, 2.75) is 335 Å². The van der Waals surface area contributed by atoms with Crippen molar-refractivity contribution >= 4 is 17.9 Å². The van der Waals surface area contributed by atoms with Crippen LogP contribution in [0.25, 0.3) is 0 Å². The summed E-state index contributed by atoms with van der Waals surface area (Å²) >= 11 is 0. The highest BCUT2D eigenvalue weighted by Gasteiger charge is 2.19. The zero-order valence-electron chi connectivity index (χ0n) is 48.7. The van der Waals surface area contributed by atoms with Crippen LogP contribution in [-0.4, -0.2) is 37.2 Å². The van der Waals surface area contributed by atoms with E-state index in [1.807, 2.05) is 0 Å². The van der Waals surface area contributed by atoms with Gasteiger partial charge in [-0.3, -0.25) is 14.4 Å². The third kappa shape index (κ3) is 59.9. The van der Waals surface area contributed by atoms with E-state index in [-0.39, 0.29) is 31.1 Å². The van der Waals surface area contributed by atoms with E-state index in [0.717, 1.165) is 89.9 Å².